The molecule has 0 aromatic carbocycles. The summed E-state index contributed by atoms with van der Waals surface area (Å²) >= 11 is 0. The highest BCUT2D eigenvalue weighted by atomic mass is 16.6. The highest BCUT2D eigenvalue weighted by Gasteiger charge is 2.09. The molecule has 0 aromatic heterocycles. The van der Waals surface area contributed by atoms with Gasteiger partial charge in [-0.3, -0.25) is 0 Å². The van der Waals surface area contributed by atoms with Gasteiger partial charge in [-0.05, 0) is 38.8 Å². The summed E-state index contributed by atoms with van der Waals surface area (Å²) in [5.74, 6) is 0.628. The van der Waals surface area contributed by atoms with E-state index in [1.807, 2.05) is 13.1 Å². The first-order valence-corrected chi connectivity index (χ1v) is 4.29. The fourth-order valence-corrected chi connectivity index (χ4v) is 1.20. The Morgan fingerprint density at radius 2 is 2.27 bits per heavy atom. The Morgan fingerprint density at radius 1 is 1.55 bits per heavy atom. The van der Waals surface area contributed by atoms with Crippen molar-refractivity contribution in [1.82, 2.24) is 5.32 Å². The van der Waals surface area contributed by atoms with Gasteiger partial charge in [-0.2, -0.15) is 0 Å². The standard InChI is InChI=1S/C8H16N2O/c1-2-11-10-7-8-3-5-9-6-4-8/h7-9H,2-6H2,1H3/b10-7-. The third-order valence-electron chi connectivity index (χ3n) is 1.86. The SMILES string of the molecule is CCO/N=C\C1CCNCC1. The van der Waals surface area contributed by atoms with Gasteiger partial charge in [0.25, 0.3) is 0 Å². The molecule has 1 aliphatic heterocycles. The molecule has 1 rings (SSSR count). The van der Waals surface area contributed by atoms with Crippen LogP contribution in [-0.2, 0) is 4.84 Å². The number of hydrogen-bond acceptors (Lipinski definition) is 3. The normalized spacial score (nSPS) is 20.8. The largest absolute Gasteiger partial charge is 0.396 e. The van der Waals surface area contributed by atoms with Gasteiger partial charge in [-0.25, -0.2) is 0 Å². The van der Waals surface area contributed by atoms with Crippen molar-refractivity contribution < 1.29 is 4.84 Å². The second kappa shape index (κ2) is 5.13. The summed E-state index contributed by atoms with van der Waals surface area (Å²) in [6, 6.07) is 0. The van der Waals surface area contributed by atoms with Gasteiger partial charge in [0.15, 0.2) is 0 Å². The molecule has 0 unspecified atom stereocenters. The predicted octanol–water partition coefficient (Wildman–Crippen LogP) is 1.01. The molecule has 0 radical (unpaired) electrons. The average molecular weight is 156 g/mol. The van der Waals surface area contributed by atoms with Crippen LogP contribution in [0.15, 0.2) is 5.16 Å². The van der Waals surface area contributed by atoms with E-state index >= 15 is 0 Å². The second-order valence-corrected chi connectivity index (χ2v) is 2.76. The molecule has 1 N–H and O–H groups in total. The number of oxime groups is 1. The Morgan fingerprint density at radius 3 is 2.91 bits per heavy atom. The lowest BCUT2D eigenvalue weighted by atomic mass is 10.0. The fraction of sp³-hybridized carbons (Fsp3) is 0.875. The van der Waals surface area contributed by atoms with E-state index in [0.29, 0.717) is 12.5 Å². The lowest BCUT2D eigenvalue weighted by molar-refractivity contribution is 0.158. The van der Waals surface area contributed by atoms with Crippen molar-refractivity contribution in [2.45, 2.75) is 19.8 Å². The third kappa shape index (κ3) is 3.37. The van der Waals surface area contributed by atoms with Gasteiger partial charge in [0.2, 0.25) is 0 Å². The quantitative estimate of drug-likeness (QED) is 0.488. The summed E-state index contributed by atoms with van der Waals surface area (Å²) in [7, 11) is 0. The minimum atomic E-state index is 0.628. The Kier molecular flexibility index (Phi) is 3.98. The lowest BCUT2D eigenvalue weighted by Gasteiger charge is -2.17. The molecular weight excluding hydrogens is 140 g/mol. The lowest BCUT2D eigenvalue weighted by Crippen LogP contribution is -2.28. The minimum absolute atomic E-state index is 0.628. The Labute approximate surface area is 67.8 Å². The van der Waals surface area contributed by atoms with E-state index in [1.165, 1.54) is 12.8 Å². The summed E-state index contributed by atoms with van der Waals surface area (Å²) in [4.78, 5) is 4.89. The summed E-state index contributed by atoms with van der Waals surface area (Å²) < 4.78 is 0. The van der Waals surface area contributed by atoms with Crippen LogP contribution >= 0.6 is 0 Å². The zero-order valence-electron chi connectivity index (χ0n) is 7.05. The molecular formula is C8H16N2O. The first kappa shape index (κ1) is 8.53. The van der Waals surface area contributed by atoms with Gasteiger partial charge < -0.3 is 10.2 Å². The fourth-order valence-electron chi connectivity index (χ4n) is 1.20. The van der Waals surface area contributed by atoms with Crippen molar-refractivity contribution >= 4 is 6.21 Å². The van der Waals surface area contributed by atoms with Crippen molar-refractivity contribution in [2.24, 2.45) is 11.1 Å². The maximum Gasteiger partial charge on any atom is 0.114 e. The zero-order valence-corrected chi connectivity index (χ0v) is 7.05. The molecule has 3 heteroatoms. The van der Waals surface area contributed by atoms with Crippen molar-refractivity contribution in [3.05, 3.63) is 0 Å². The summed E-state index contributed by atoms with van der Waals surface area (Å²) in [6.45, 7) is 4.84. The van der Waals surface area contributed by atoms with E-state index in [0.717, 1.165) is 13.1 Å². The van der Waals surface area contributed by atoms with Crippen LogP contribution in [0, 0.1) is 5.92 Å². The number of nitrogens with one attached hydrogen (secondary N) is 1. The van der Waals surface area contributed by atoms with Crippen LogP contribution in [0.3, 0.4) is 0 Å². The van der Waals surface area contributed by atoms with E-state index in [4.69, 9.17) is 4.84 Å². The van der Waals surface area contributed by atoms with Crippen LogP contribution in [0.5, 0.6) is 0 Å². The monoisotopic (exact) mass is 156 g/mol. The van der Waals surface area contributed by atoms with Gasteiger partial charge >= 0.3 is 0 Å². The molecule has 1 fully saturated rings. The van der Waals surface area contributed by atoms with E-state index in [9.17, 15) is 0 Å². The van der Waals surface area contributed by atoms with Crippen LogP contribution in [0.25, 0.3) is 0 Å². The summed E-state index contributed by atoms with van der Waals surface area (Å²) in [6.07, 6.45) is 4.32. The van der Waals surface area contributed by atoms with Crippen LogP contribution in [0.4, 0.5) is 0 Å². The number of piperidine rings is 1. The highest BCUT2D eigenvalue weighted by Crippen LogP contribution is 2.08. The molecule has 0 saturated carbocycles. The maximum atomic E-state index is 4.89. The van der Waals surface area contributed by atoms with Crippen LogP contribution < -0.4 is 5.32 Å². The van der Waals surface area contributed by atoms with Crippen molar-refractivity contribution in [2.75, 3.05) is 19.7 Å². The topological polar surface area (TPSA) is 33.6 Å². The van der Waals surface area contributed by atoms with E-state index in [-0.39, 0.29) is 0 Å². The molecule has 64 valence electrons. The third-order valence-corrected chi connectivity index (χ3v) is 1.86. The molecule has 1 aliphatic rings. The number of rotatable bonds is 3. The van der Waals surface area contributed by atoms with Gasteiger partial charge in [0, 0.05) is 6.21 Å². The first-order chi connectivity index (χ1) is 5.43. The first-order valence-electron chi connectivity index (χ1n) is 4.29. The van der Waals surface area contributed by atoms with Crippen molar-refractivity contribution in [3.8, 4) is 0 Å². The van der Waals surface area contributed by atoms with Crippen molar-refractivity contribution in [1.29, 1.82) is 0 Å². The Bertz CT molecular complexity index is 119. The Hall–Kier alpha value is -0.570. The molecule has 0 atom stereocenters. The molecule has 0 amide bonds. The van der Waals surface area contributed by atoms with Crippen LogP contribution in [0.1, 0.15) is 19.8 Å². The summed E-state index contributed by atoms with van der Waals surface area (Å²) in [5, 5.41) is 7.16. The van der Waals surface area contributed by atoms with E-state index in [1.54, 1.807) is 0 Å². The smallest absolute Gasteiger partial charge is 0.114 e. The molecule has 1 heterocycles. The molecule has 0 spiro atoms. The molecule has 3 nitrogen and oxygen atoms in total. The summed E-state index contributed by atoms with van der Waals surface area (Å²) in [5.41, 5.74) is 0. The second-order valence-electron chi connectivity index (χ2n) is 2.76. The maximum absolute atomic E-state index is 4.89. The molecule has 1 saturated heterocycles. The minimum Gasteiger partial charge on any atom is -0.396 e. The van der Waals surface area contributed by atoms with Crippen LogP contribution in [0.2, 0.25) is 0 Å². The van der Waals surface area contributed by atoms with Crippen molar-refractivity contribution in [3.63, 3.8) is 0 Å². The molecule has 11 heavy (non-hydrogen) atoms. The van der Waals surface area contributed by atoms with Gasteiger partial charge in [0.1, 0.15) is 6.61 Å². The molecule has 0 aliphatic carbocycles. The number of hydrogen-bond donors (Lipinski definition) is 1. The average Bonchev–Trinajstić information content (AvgIpc) is 2.07. The Balaban J connectivity index is 2.13. The molecule has 0 aromatic rings. The van der Waals surface area contributed by atoms with E-state index < -0.39 is 0 Å². The highest BCUT2D eigenvalue weighted by molar-refractivity contribution is 5.60. The van der Waals surface area contributed by atoms with Gasteiger partial charge in [0.05, 0.1) is 0 Å². The van der Waals surface area contributed by atoms with E-state index in [2.05, 4.69) is 10.5 Å². The van der Waals surface area contributed by atoms with Gasteiger partial charge in [-0.1, -0.05) is 5.16 Å². The van der Waals surface area contributed by atoms with Crippen LogP contribution in [-0.4, -0.2) is 25.9 Å². The molecule has 0 bridgehead atoms. The van der Waals surface area contributed by atoms with Gasteiger partial charge in [-0.15, -0.1) is 0 Å². The predicted molar refractivity (Wildman–Crippen MR) is 45.7 cm³/mol. The number of nitrogens with zero attached hydrogens (tertiary/aromatic N) is 1. The zero-order chi connectivity index (χ0) is 7.94.